The number of benzene rings is 3. The van der Waals surface area contributed by atoms with Gasteiger partial charge >= 0.3 is 6.18 Å². The van der Waals surface area contributed by atoms with Gasteiger partial charge in [0.15, 0.2) is 0 Å². The fraction of sp³-hybridized carbons (Fsp3) is 0.154. The first-order valence-electron chi connectivity index (χ1n) is 9.98. The Labute approximate surface area is 190 Å². The molecule has 3 aromatic rings. The van der Waals surface area contributed by atoms with Gasteiger partial charge < -0.3 is 0 Å². The van der Waals surface area contributed by atoms with Crippen LogP contribution in [-0.4, -0.2) is 6.18 Å². The SMILES string of the molecule is CC=CCCc1ccc(-c2cc(F)c(-c3cc(F)c(C#CC(F)(F)F)c(F)c3)c(F)c2)c(F)c1. The molecule has 0 aromatic heterocycles. The molecule has 0 bridgehead atoms. The number of allylic oxidation sites excluding steroid dienone is 2. The molecule has 0 N–H and O–H groups in total. The summed E-state index contributed by atoms with van der Waals surface area (Å²) >= 11 is 0. The van der Waals surface area contributed by atoms with Crippen molar-refractivity contribution in [2.45, 2.75) is 25.9 Å². The highest BCUT2D eigenvalue weighted by Gasteiger charge is 2.24. The molecule has 176 valence electrons. The van der Waals surface area contributed by atoms with Crippen molar-refractivity contribution >= 4 is 0 Å². The van der Waals surface area contributed by atoms with E-state index in [1.165, 1.54) is 18.1 Å². The molecule has 0 radical (unpaired) electrons. The minimum Gasteiger partial charge on any atom is -0.206 e. The summed E-state index contributed by atoms with van der Waals surface area (Å²) in [5.74, 6) is -4.15. The summed E-state index contributed by atoms with van der Waals surface area (Å²) in [6.07, 6.45) is 0.0612. The van der Waals surface area contributed by atoms with E-state index < -0.39 is 52.0 Å². The van der Waals surface area contributed by atoms with Gasteiger partial charge in [0.05, 0.1) is 11.1 Å². The zero-order valence-corrected chi connectivity index (χ0v) is 17.6. The summed E-state index contributed by atoms with van der Waals surface area (Å²) in [6.45, 7) is 1.86. The second-order valence-electron chi connectivity index (χ2n) is 7.30. The van der Waals surface area contributed by atoms with Crippen molar-refractivity contribution in [2.24, 2.45) is 0 Å². The molecule has 0 amide bonds. The van der Waals surface area contributed by atoms with Gasteiger partial charge in [0.25, 0.3) is 0 Å². The lowest BCUT2D eigenvalue weighted by molar-refractivity contribution is -0.0696. The third-order valence-electron chi connectivity index (χ3n) is 4.88. The van der Waals surface area contributed by atoms with E-state index in [1.54, 1.807) is 6.07 Å². The van der Waals surface area contributed by atoms with Crippen molar-refractivity contribution in [3.8, 4) is 34.1 Å². The maximum absolute atomic E-state index is 14.8. The highest BCUT2D eigenvalue weighted by molar-refractivity contribution is 5.73. The minimum atomic E-state index is -4.98. The summed E-state index contributed by atoms with van der Waals surface area (Å²) in [4.78, 5) is 0. The van der Waals surface area contributed by atoms with Crippen LogP contribution in [0.5, 0.6) is 0 Å². The van der Waals surface area contributed by atoms with Gasteiger partial charge in [-0.15, -0.1) is 0 Å². The maximum atomic E-state index is 14.8. The number of alkyl halides is 3. The summed E-state index contributed by atoms with van der Waals surface area (Å²) < 4.78 is 109. The van der Waals surface area contributed by atoms with Crippen LogP contribution in [0, 0.1) is 40.9 Å². The number of rotatable bonds is 5. The molecule has 3 rings (SSSR count). The normalized spacial score (nSPS) is 11.6. The quantitative estimate of drug-likeness (QED) is 0.196. The van der Waals surface area contributed by atoms with Crippen LogP contribution >= 0.6 is 0 Å². The number of hydrogen-bond donors (Lipinski definition) is 0. The van der Waals surface area contributed by atoms with Crippen molar-refractivity contribution in [3.05, 3.63) is 94.8 Å². The van der Waals surface area contributed by atoms with E-state index in [4.69, 9.17) is 0 Å². The average Bonchev–Trinajstić information content (AvgIpc) is 2.72. The van der Waals surface area contributed by atoms with Crippen molar-refractivity contribution < 1.29 is 35.1 Å². The average molecular weight is 480 g/mol. The van der Waals surface area contributed by atoms with Crippen molar-refractivity contribution in [1.29, 1.82) is 0 Å². The Morgan fingerprint density at radius 2 is 1.35 bits per heavy atom. The molecule has 0 aliphatic heterocycles. The van der Waals surface area contributed by atoms with Crippen LogP contribution in [0.4, 0.5) is 35.1 Å². The number of hydrogen-bond acceptors (Lipinski definition) is 0. The first kappa shape index (κ1) is 25.0. The molecule has 0 saturated carbocycles. The Hall–Kier alpha value is -3.60. The molecule has 0 atom stereocenters. The second kappa shape index (κ2) is 10.1. The van der Waals surface area contributed by atoms with Gasteiger partial charge in [0, 0.05) is 11.5 Å². The van der Waals surface area contributed by atoms with E-state index in [-0.39, 0.29) is 11.1 Å². The van der Waals surface area contributed by atoms with E-state index in [0.717, 1.165) is 18.1 Å². The van der Waals surface area contributed by atoms with Crippen molar-refractivity contribution in [1.82, 2.24) is 0 Å². The van der Waals surface area contributed by atoms with E-state index in [1.807, 2.05) is 19.1 Å². The van der Waals surface area contributed by atoms with Crippen molar-refractivity contribution in [2.75, 3.05) is 0 Å². The zero-order valence-electron chi connectivity index (χ0n) is 17.6. The van der Waals surface area contributed by atoms with Crippen LogP contribution in [0.15, 0.2) is 54.6 Å². The van der Waals surface area contributed by atoms with Gasteiger partial charge in [-0.25, -0.2) is 22.0 Å². The predicted octanol–water partition coefficient (Wildman–Crippen LogP) is 8.14. The highest BCUT2D eigenvalue weighted by atomic mass is 19.4. The minimum absolute atomic E-state index is 0.0748. The van der Waals surface area contributed by atoms with Crippen LogP contribution in [0.2, 0.25) is 0 Å². The Balaban J connectivity index is 1.99. The monoisotopic (exact) mass is 480 g/mol. The van der Waals surface area contributed by atoms with E-state index >= 15 is 0 Å². The largest absolute Gasteiger partial charge is 0.458 e. The third-order valence-corrected chi connectivity index (χ3v) is 4.88. The first-order chi connectivity index (χ1) is 16.0. The molecule has 3 aromatic carbocycles. The smallest absolute Gasteiger partial charge is 0.206 e. The molecule has 8 heteroatoms. The van der Waals surface area contributed by atoms with Gasteiger partial charge in [-0.05, 0) is 66.8 Å². The molecule has 0 nitrogen and oxygen atoms in total. The summed E-state index contributed by atoms with van der Waals surface area (Å²) in [5, 5.41) is 0. The molecular formula is C26H16F8. The third kappa shape index (κ3) is 5.84. The standard InChI is InChI=1S/C26H16F8/c1-2-3-4-5-15-6-7-18(20(27)10-15)16-11-23(30)25(24(31)12-16)17-13-21(28)19(22(29)14-17)8-9-26(32,33)34/h2-3,6-7,10-14H,4-5H2,1H3. The zero-order chi connectivity index (χ0) is 25.0. The molecule has 0 heterocycles. The van der Waals surface area contributed by atoms with Crippen LogP contribution in [0.25, 0.3) is 22.3 Å². The van der Waals surface area contributed by atoms with E-state index in [0.29, 0.717) is 30.5 Å². The molecule has 0 unspecified atom stereocenters. The molecule has 0 saturated heterocycles. The highest BCUT2D eigenvalue weighted by Crippen LogP contribution is 2.34. The molecule has 0 fully saturated rings. The lowest BCUT2D eigenvalue weighted by Crippen LogP contribution is -2.03. The first-order valence-corrected chi connectivity index (χ1v) is 9.98. The van der Waals surface area contributed by atoms with E-state index in [2.05, 4.69) is 0 Å². The van der Waals surface area contributed by atoms with E-state index in [9.17, 15) is 35.1 Å². The molecule has 34 heavy (non-hydrogen) atoms. The Kier molecular flexibility index (Phi) is 7.45. The lowest BCUT2D eigenvalue weighted by atomic mass is 9.96. The summed E-state index contributed by atoms with van der Waals surface area (Å²) in [5.41, 5.74) is -2.11. The van der Waals surface area contributed by atoms with Gasteiger partial charge in [-0.1, -0.05) is 30.2 Å². The van der Waals surface area contributed by atoms with Gasteiger partial charge in [0.2, 0.25) is 0 Å². The van der Waals surface area contributed by atoms with Gasteiger partial charge in [-0.2, -0.15) is 13.2 Å². The van der Waals surface area contributed by atoms with Crippen LogP contribution in [-0.2, 0) is 6.42 Å². The summed E-state index contributed by atoms with van der Waals surface area (Å²) in [7, 11) is 0. The number of aryl methyl sites for hydroxylation is 1. The molecular weight excluding hydrogens is 464 g/mol. The topological polar surface area (TPSA) is 0 Å². The van der Waals surface area contributed by atoms with Crippen molar-refractivity contribution in [3.63, 3.8) is 0 Å². The Bertz CT molecular complexity index is 1260. The Morgan fingerprint density at radius 1 is 0.765 bits per heavy atom. The lowest BCUT2D eigenvalue weighted by Gasteiger charge is -2.11. The van der Waals surface area contributed by atoms with Crippen LogP contribution in [0.1, 0.15) is 24.5 Å². The summed E-state index contributed by atoms with van der Waals surface area (Å²) in [6, 6.07) is 6.83. The fourth-order valence-electron chi connectivity index (χ4n) is 3.34. The Morgan fingerprint density at radius 3 is 1.88 bits per heavy atom. The maximum Gasteiger partial charge on any atom is 0.458 e. The molecule has 0 aliphatic carbocycles. The van der Waals surface area contributed by atoms with Gasteiger partial charge in [0.1, 0.15) is 29.1 Å². The second-order valence-corrected chi connectivity index (χ2v) is 7.30. The van der Waals surface area contributed by atoms with Crippen LogP contribution < -0.4 is 0 Å². The predicted molar refractivity (Wildman–Crippen MR) is 113 cm³/mol. The van der Waals surface area contributed by atoms with Crippen LogP contribution in [0.3, 0.4) is 0 Å². The molecule has 0 spiro atoms. The fourth-order valence-corrected chi connectivity index (χ4v) is 3.34. The van der Waals surface area contributed by atoms with Gasteiger partial charge in [-0.3, -0.25) is 0 Å². The number of halogens is 8. The molecule has 0 aliphatic rings.